The van der Waals surface area contributed by atoms with E-state index in [9.17, 15) is 19.5 Å². The summed E-state index contributed by atoms with van der Waals surface area (Å²) in [4.78, 5) is 45.0. The molecule has 1 fully saturated rings. The molecule has 2 N–H and O–H groups in total. The number of nitrogens with zero attached hydrogens (tertiary/aromatic N) is 6. The number of carboxylic acids is 1. The molecule has 206 valence electrons. The monoisotopic (exact) mass is 583 g/mol. The van der Waals surface area contributed by atoms with E-state index >= 15 is 0 Å². The first kappa shape index (κ1) is 28.3. The number of hydrogen-bond acceptors (Lipinski definition) is 12. The summed E-state index contributed by atoms with van der Waals surface area (Å²) in [7, 11) is 1.69. The molecule has 0 bridgehead atoms. The van der Waals surface area contributed by atoms with E-state index in [1.165, 1.54) is 44.9 Å². The number of rotatable bonds is 13. The molecule has 1 aromatic rings. The molecule has 0 saturated carbocycles. The Hall–Kier alpha value is -2.72. The lowest BCUT2D eigenvalue weighted by molar-refractivity contribution is -0.150. The summed E-state index contributed by atoms with van der Waals surface area (Å²) in [5.41, 5.74) is 0.482. The van der Waals surface area contributed by atoms with Gasteiger partial charge in [-0.15, -0.1) is 28.6 Å². The third-order valence-electron chi connectivity index (χ3n) is 5.84. The number of ether oxygens (including phenoxy) is 1. The highest BCUT2D eigenvalue weighted by atomic mass is 32.2. The minimum atomic E-state index is -1.20. The van der Waals surface area contributed by atoms with Gasteiger partial charge in [0.25, 0.3) is 11.8 Å². The van der Waals surface area contributed by atoms with Crippen molar-refractivity contribution in [3.8, 4) is 0 Å². The second-order valence-corrected chi connectivity index (χ2v) is 11.6. The zero-order chi connectivity index (χ0) is 27.1. The molecule has 1 aromatic heterocycles. The van der Waals surface area contributed by atoms with Gasteiger partial charge in [-0.3, -0.25) is 14.5 Å². The third-order valence-corrected chi connectivity index (χ3v) is 9.06. The number of fused-ring (bicyclic) bond motifs is 1. The molecule has 1 saturated heterocycles. The van der Waals surface area contributed by atoms with E-state index in [4.69, 9.17) is 9.57 Å². The van der Waals surface area contributed by atoms with Gasteiger partial charge in [0.2, 0.25) is 10.9 Å². The van der Waals surface area contributed by atoms with Gasteiger partial charge in [0, 0.05) is 29.7 Å². The Morgan fingerprint density at radius 3 is 2.89 bits per heavy atom. The van der Waals surface area contributed by atoms with Crippen LogP contribution in [-0.4, -0.2) is 95.6 Å². The van der Waals surface area contributed by atoms with Crippen LogP contribution in [0.3, 0.4) is 0 Å². The molecule has 0 radical (unpaired) electrons. The molecule has 1 unspecified atom stereocenters. The van der Waals surface area contributed by atoms with Crippen molar-refractivity contribution in [3.63, 3.8) is 0 Å². The molecule has 0 aromatic carbocycles. The fourth-order valence-electron chi connectivity index (χ4n) is 3.89. The van der Waals surface area contributed by atoms with Gasteiger partial charge in [0.05, 0.1) is 6.61 Å². The Morgan fingerprint density at radius 2 is 2.21 bits per heavy atom. The second kappa shape index (κ2) is 13.4. The van der Waals surface area contributed by atoms with Gasteiger partial charge in [-0.25, -0.2) is 9.48 Å². The maximum Gasteiger partial charge on any atom is 0.352 e. The first-order valence-electron chi connectivity index (χ1n) is 12.1. The number of thioether (sulfide) groups is 3. The molecule has 13 nitrogen and oxygen atoms in total. The molecule has 2 amide bonds. The van der Waals surface area contributed by atoms with Crippen molar-refractivity contribution in [2.75, 3.05) is 30.5 Å². The van der Waals surface area contributed by atoms with E-state index in [1.54, 1.807) is 12.5 Å². The number of β-lactam (4-membered cyclic amide) rings is 1. The maximum atomic E-state index is 13.2. The highest BCUT2D eigenvalue weighted by molar-refractivity contribution is 8.02. The number of carbonyl (C=O) groups excluding carboxylic acids is 2. The van der Waals surface area contributed by atoms with Gasteiger partial charge in [-0.05, 0) is 28.8 Å². The highest BCUT2D eigenvalue weighted by Gasteiger charge is 2.54. The van der Waals surface area contributed by atoms with Gasteiger partial charge in [-0.1, -0.05) is 36.7 Å². The highest BCUT2D eigenvalue weighted by Crippen LogP contribution is 2.41. The average molecular weight is 584 g/mol. The third kappa shape index (κ3) is 6.46. The van der Waals surface area contributed by atoms with Gasteiger partial charge in [0.1, 0.15) is 23.7 Å². The lowest BCUT2D eigenvalue weighted by atomic mass is 10.0. The zero-order valence-corrected chi connectivity index (χ0v) is 23.4. The van der Waals surface area contributed by atoms with Crippen molar-refractivity contribution in [3.05, 3.63) is 22.4 Å². The SMILES string of the molecule is CCCCCCO/N=C(/C(=O)NC1C(=O)N2C(C(=O)O)=C(CSc3nnnn3C)CS[C@H]12)C1=CSCCO1. The van der Waals surface area contributed by atoms with Gasteiger partial charge >= 0.3 is 5.97 Å². The van der Waals surface area contributed by atoms with Crippen LogP contribution < -0.4 is 5.32 Å². The number of unbranched alkanes of at least 4 members (excludes halogenated alkanes) is 3. The molecule has 3 aliphatic heterocycles. The summed E-state index contributed by atoms with van der Waals surface area (Å²) in [5, 5.41) is 29.6. The van der Waals surface area contributed by atoms with Crippen molar-refractivity contribution in [1.29, 1.82) is 0 Å². The summed E-state index contributed by atoms with van der Waals surface area (Å²) >= 11 is 4.17. The topological polar surface area (TPSA) is 161 Å². The van der Waals surface area contributed by atoms with Gasteiger partial charge in [-0.2, -0.15) is 0 Å². The average Bonchev–Trinajstić information content (AvgIpc) is 3.34. The zero-order valence-electron chi connectivity index (χ0n) is 21.0. The van der Waals surface area contributed by atoms with E-state index in [-0.39, 0.29) is 17.2 Å². The number of nitrogens with one attached hydrogen (secondary N) is 1. The van der Waals surface area contributed by atoms with Crippen LogP contribution >= 0.6 is 35.3 Å². The standard InChI is InChI=1S/C22H29N7O6S3/c1-3-4-5-6-7-35-25-15(14-12-36-9-8-34-14)18(30)23-16-19(31)29-17(21(32)33)13(10-37-20(16)29)11-38-22-24-26-27-28(22)2/h12,16,20H,3-11H2,1-2H3,(H,23,30)(H,32,33)/b25-15+/t16?,20-/m1/s1. The predicted octanol–water partition coefficient (Wildman–Crippen LogP) is 1.60. The number of aryl methyl sites for hydroxylation is 1. The Balaban J connectivity index is 1.43. The van der Waals surface area contributed by atoms with Crippen LogP contribution in [0.25, 0.3) is 0 Å². The maximum absolute atomic E-state index is 13.2. The number of hydrogen-bond donors (Lipinski definition) is 2. The smallest absolute Gasteiger partial charge is 0.352 e. The number of aliphatic carboxylic acids is 1. The van der Waals surface area contributed by atoms with Crippen LogP contribution in [0.4, 0.5) is 0 Å². The van der Waals surface area contributed by atoms with Crippen LogP contribution in [-0.2, 0) is 31.0 Å². The van der Waals surface area contributed by atoms with Crippen molar-refractivity contribution in [1.82, 2.24) is 30.4 Å². The van der Waals surface area contributed by atoms with E-state index in [2.05, 4.69) is 32.9 Å². The quantitative estimate of drug-likeness (QED) is 0.114. The van der Waals surface area contributed by atoms with Crippen molar-refractivity contribution in [2.24, 2.45) is 12.2 Å². The number of carbonyl (C=O) groups is 3. The van der Waals surface area contributed by atoms with Crippen LogP contribution in [0.2, 0.25) is 0 Å². The molecule has 38 heavy (non-hydrogen) atoms. The van der Waals surface area contributed by atoms with E-state index in [0.717, 1.165) is 31.4 Å². The number of amides is 2. The number of oxime groups is 1. The lowest BCUT2D eigenvalue weighted by Crippen LogP contribution is -2.71. The molecule has 4 heterocycles. The van der Waals surface area contributed by atoms with Gasteiger partial charge in [0.15, 0.2) is 5.76 Å². The van der Waals surface area contributed by atoms with Crippen molar-refractivity contribution >= 4 is 58.8 Å². The summed E-state index contributed by atoms with van der Waals surface area (Å²) in [6.07, 6.45) is 4.00. The predicted molar refractivity (Wildman–Crippen MR) is 143 cm³/mol. The molecular formula is C22H29N7O6S3. The van der Waals surface area contributed by atoms with Gasteiger partial charge < -0.3 is 20.0 Å². The summed E-state index contributed by atoms with van der Waals surface area (Å²) in [5.74, 6) is -0.568. The van der Waals surface area contributed by atoms with Crippen LogP contribution in [0.1, 0.15) is 32.6 Å². The lowest BCUT2D eigenvalue weighted by Gasteiger charge is -2.49. The molecule has 4 rings (SSSR count). The minimum Gasteiger partial charge on any atom is -0.490 e. The largest absolute Gasteiger partial charge is 0.490 e. The molecule has 0 aliphatic carbocycles. The van der Waals surface area contributed by atoms with E-state index in [1.807, 2.05) is 0 Å². The summed E-state index contributed by atoms with van der Waals surface area (Å²) in [6.45, 7) is 2.90. The summed E-state index contributed by atoms with van der Waals surface area (Å²) < 4.78 is 7.11. The Kier molecular flexibility index (Phi) is 9.96. The molecular weight excluding hydrogens is 554 g/mol. The number of tetrazole rings is 1. The molecule has 3 aliphatic rings. The first-order chi connectivity index (χ1) is 18.4. The number of aromatic nitrogens is 4. The second-order valence-electron chi connectivity index (χ2n) is 8.53. The fraction of sp³-hybridized carbons (Fsp3) is 0.591. The summed E-state index contributed by atoms with van der Waals surface area (Å²) in [6, 6.07) is -0.898. The van der Waals surface area contributed by atoms with Crippen LogP contribution in [0, 0.1) is 0 Å². The van der Waals surface area contributed by atoms with E-state index in [0.29, 0.717) is 35.4 Å². The molecule has 0 spiro atoms. The van der Waals surface area contributed by atoms with Crippen molar-refractivity contribution in [2.45, 2.75) is 49.2 Å². The van der Waals surface area contributed by atoms with Crippen LogP contribution in [0.15, 0.2) is 32.7 Å². The minimum absolute atomic E-state index is 0.0388. The Morgan fingerprint density at radius 1 is 1.37 bits per heavy atom. The van der Waals surface area contributed by atoms with Crippen LogP contribution in [0.5, 0.6) is 0 Å². The number of carboxylic acid groups (broad SMARTS) is 1. The molecule has 2 atom stereocenters. The molecule has 16 heteroatoms. The Labute approximate surface area is 232 Å². The first-order valence-corrected chi connectivity index (χ1v) is 15.2. The fourth-order valence-corrected chi connectivity index (χ4v) is 6.86. The van der Waals surface area contributed by atoms with Crippen molar-refractivity contribution < 1.29 is 29.1 Å². The van der Waals surface area contributed by atoms with E-state index < -0.39 is 29.2 Å². The normalized spacial score (nSPS) is 21.3. The Bertz CT molecular complexity index is 1150.